The Morgan fingerprint density at radius 2 is 2.17 bits per heavy atom. The summed E-state index contributed by atoms with van der Waals surface area (Å²) in [7, 11) is 0. The second-order valence-electron chi connectivity index (χ2n) is 4.51. The molecule has 1 N–H and O–H groups in total. The Kier molecular flexibility index (Phi) is 5.38. The molecule has 0 aliphatic carbocycles. The van der Waals surface area contributed by atoms with Gasteiger partial charge in [0.1, 0.15) is 11.8 Å². The van der Waals surface area contributed by atoms with Gasteiger partial charge in [0.2, 0.25) is 11.1 Å². The molecule has 0 spiro atoms. The van der Waals surface area contributed by atoms with Crippen molar-refractivity contribution in [2.45, 2.75) is 18.6 Å². The molecule has 0 radical (unpaired) electrons. The van der Waals surface area contributed by atoms with Crippen molar-refractivity contribution in [2.24, 2.45) is 15.2 Å². The minimum absolute atomic E-state index is 0.0326. The number of aliphatic imine (C=N–C) groups is 1. The molecule has 1 aliphatic heterocycles. The molecule has 0 saturated heterocycles. The van der Waals surface area contributed by atoms with Crippen molar-refractivity contribution >= 4 is 34.4 Å². The zero-order valence-corrected chi connectivity index (χ0v) is 13.1. The molecule has 1 atom stereocenters. The quantitative estimate of drug-likeness (QED) is 0.858. The highest BCUT2D eigenvalue weighted by molar-refractivity contribution is 8.15. The predicted molar refractivity (Wildman–Crippen MR) is 87.9 cm³/mol. The molecule has 7 nitrogen and oxygen atoms in total. The Morgan fingerprint density at radius 3 is 2.83 bits per heavy atom. The summed E-state index contributed by atoms with van der Waals surface area (Å²) in [5, 5.41) is 18.7. The van der Waals surface area contributed by atoms with Crippen LogP contribution in [0.3, 0.4) is 0 Å². The molecule has 2 rings (SSSR count). The summed E-state index contributed by atoms with van der Waals surface area (Å²) in [5.41, 5.74) is 0.785. The highest BCUT2D eigenvalue weighted by Crippen LogP contribution is 2.23. The maximum absolute atomic E-state index is 12.4. The number of carbonyl (C=O) groups is 2. The van der Waals surface area contributed by atoms with Crippen molar-refractivity contribution in [2.75, 3.05) is 5.32 Å². The number of amides is 2. The van der Waals surface area contributed by atoms with E-state index in [1.807, 2.05) is 13.0 Å². The van der Waals surface area contributed by atoms with Gasteiger partial charge in [-0.2, -0.15) is 10.3 Å². The van der Waals surface area contributed by atoms with Crippen LogP contribution in [0.1, 0.15) is 18.9 Å². The molecular weight excluding hydrogens is 314 g/mol. The number of amidine groups is 1. The fraction of sp³-hybridized carbons (Fsp3) is 0.200. The number of hydrogen-bond acceptors (Lipinski definition) is 6. The molecule has 1 unspecified atom stereocenters. The molecule has 0 fully saturated rings. The normalized spacial score (nSPS) is 14.9. The van der Waals surface area contributed by atoms with Gasteiger partial charge < -0.3 is 5.32 Å². The van der Waals surface area contributed by atoms with Crippen LogP contribution in [-0.4, -0.2) is 22.2 Å². The number of anilines is 1. The maximum atomic E-state index is 12.4. The highest BCUT2D eigenvalue weighted by atomic mass is 32.2. The average Bonchev–Trinajstić information content (AvgIpc) is 2.56. The van der Waals surface area contributed by atoms with Crippen molar-refractivity contribution in [1.82, 2.24) is 0 Å². The maximum Gasteiger partial charge on any atom is 0.299 e. The number of carbonyl (C=O) groups excluding carboxylic acids is 2. The van der Waals surface area contributed by atoms with Gasteiger partial charge >= 0.3 is 0 Å². The van der Waals surface area contributed by atoms with Crippen LogP contribution in [0.5, 0.6) is 0 Å². The fourth-order valence-corrected chi connectivity index (χ4v) is 2.53. The number of azo groups is 1. The van der Waals surface area contributed by atoms with E-state index in [1.54, 1.807) is 24.3 Å². The lowest BCUT2D eigenvalue weighted by Crippen LogP contribution is -2.26. The van der Waals surface area contributed by atoms with Crippen molar-refractivity contribution in [1.29, 1.82) is 5.26 Å². The van der Waals surface area contributed by atoms with Gasteiger partial charge in [-0.15, -0.1) is 10.2 Å². The molecule has 1 aromatic carbocycles. The molecule has 0 aromatic heterocycles. The first-order valence-corrected chi connectivity index (χ1v) is 7.63. The van der Waals surface area contributed by atoms with Crippen molar-refractivity contribution in [3.8, 4) is 6.07 Å². The van der Waals surface area contributed by atoms with Gasteiger partial charge in [-0.25, -0.2) is 0 Å². The first-order valence-electron chi connectivity index (χ1n) is 6.75. The number of nitrogens with zero attached hydrogens (tertiary/aromatic N) is 4. The zero-order valence-electron chi connectivity index (χ0n) is 12.3. The number of hydrogen-bond donors (Lipinski definition) is 1. The SMILES string of the molecule is C=C1N=NC(SC(CC)C(=O)Nc2ccccc2C#N)=NC1=O. The molecule has 1 aliphatic rings. The van der Waals surface area contributed by atoms with E-state index in [-0.39, 0.29) is 16.8 Å². The number of benzene rings is 1. The van der Waals surface area contributed by atoms with E-state index in [0.717, 1.165) is 11.8 Å². The fourth-order valence-electron chi connectivity index (χ4n) is 1.72. The van der Waals surface area contributed by atoms with Gasteiger partial charge in [0.25, 0.3) is 5.91 Å². The lowest BCUT2D eigenvalue weighted by molar-refractivity contribution is -0.116. The van der Waals surface area contributed by atoms with Crippen LogP contribution in [0.4, 0.5) is 5.69 Å². The summed E-state index contributed by atoms with van der Waals surface area (Å²) in [6.07, 6.45) is 0.495. The first-order chi connectivity index (χ1) is 11.0. The molecule has 8 heteroatoms. The average molecular weight is 327 g/mol. The molecule has 2 amide bonds. The summed E-state index contributed by atoms with van der Waals surface area (Å²) in [6, 6.07) is 8.74. The summed E-state index contributed by atoms with van der Waals surface area (Å²) in [5.74, 6) is -0.859. The minimum Gasteiger partial charge on any atom is -0.324 e. The van der Waals surface area contributed by atoms with Crippen LogP contribution in [0.2, 0.25) is 0 Å². The number of nitrogens with one attached hydrogen (secondary N) is 1. The lowest BCUT2D eigenvalue weighted by atomic mass is 10.2. The van der Waals surface area contributed by atoms with Crippen LogP contribution in [-0.2, 0) is 9.59 Å². The van der Waals surface area contributed by atoms with E-state index in [4.69, 9.17) is 5.26 Å². The third-order valence-corrected chi connectivity index (χ3v) is 4.13. The van der Waals surface area contributed by atoms with Crippen molar-refractivity contribution < 1.29 is 9.59 Å². The van der Waals surface area contributed by atoms with E-state index in [1.165, 1.54) is 0 Å². The van der Waals surface area contributed by atoms with Gasteiger partial charge in [-0.3, -0.25) is 9.59 Å². The smallest absolute Gasteiger partial charge is 0.299 e. The number of nitriles is 1. The van der Waals surface area contributed by atoms with E-state index >= 15 is 0 Å². The lowest BCUT2D eigenvalue weighted by Gasteiger charge is -2.15. The molecule has 1 heterocycles. The number of rotatable bonds is 4. The zero-order chi connectivity index (χ0) is 16.8. The Hall–Kier alpha value is -2.79. The van der Waals surface area contributed by atoms with Gasteiger partial charge in [0.15, 0.2) is 0 Å². The van der Waals surface area contributed by atoms with Crippen LogP contribution >= 0.6 is 11.8 Å². The standard InChI is InChI=1S/C15H13N5O2S/c1-3-12(23-15-18-13(21)9(2)19-20-15)14(22)17-11-7-5-4-6-10(11)8-16/h4-7,12H,2-3H2,1H3,(H,17,22). The van der Waals surface area contributed by atoms with Gasteiger partial charge in [-0.05, 0) is 18.6 Å². The number of para-hydroxylation sites is 1. The molecule has 116 valence electrons. The first kappa shape index (κ1) is 16.6. The van der Waals surface area contributed by atoms with Gasteiger partial charge in [0.05, 0.1) is 16.5 Å². The topological polar surface area (TPSA) is 107 Å². The predicted octanol–water partition coefficient (Wildman–Crippen LogP) is 2.87. The third-order valence-electron chi connectivity index (χ3n) is 2.92. The van der Waals surface area contributed by atoms with Crippen molar-refractivity contribution in [3.05, 3.63) is 42.1 Å². The molecular formula is C15H13N5O2S. The van der Waals surface area contributed by atoms with Gasteiger partial charge in [0, 0.05) is 0 Å². The summed E-state index contributed by atoms with van der Waals surface area (Å²) in [4.78, 5) is 27.5. The summed E-state index contributed by atoms with van der Waals surface area (Å²) < 4.78 is 0. The Bertz CT molecular complexity index is 763. The van der Waals surface area contributed by atoms with E-state index < -0.39 is 11.2 Å². The highest BCUT2D eigenvalue weighted by Gasteiger charge is 2.23. The van der Waals surface area contributed by atoms with E-state index in [9.17, 15) is 9.59 Å². The Labute approximate surface area is 137 Å². The minimum atomic E-state index is -0.562. The summed E-state index contributed by atoms with van der Waals surface area (Å²) >= 11 is 1.04. The molecule has 0 saturated carbocycles. The summed E-state index contributed by atoms with van der Waals surface area (Å²) in [6.45, 7) is 5.23. The van der Waals surface area contributed by atoms with E-state index in [2.05, 4.69) is 27.1 Å². The second-order valence-corrected chi connectivity index (χ2v) is 5.68. The van der Waals surface area contributed by atoms with E-state index in [0.29, 0.717) is 17.7 Å². The van der Waals surface area contributed by atoms with Crippen LogP contribution in [0, 0.1) is 11.3 Å². The monoisotopic (exact) mass is 327 g/mol. The van der Waals surface area contributed by atoms with Crippen LogP contribution in [0.25, 0.3) is 0 Å². The van der Waals surface area contributed by atoms with Crippen LogP contribution in [0.15, 0.2) is 51.8 Å². The second kappa shape index (κ2) is 7.47. The molecule has 1 aromatic rings. The van der Waals surface area contributed by atoms with Crippen LogP contribution < -0.4 is 5.32 Å². The third kappa shape index (κ3) is 4.11. The Balaban J connectivity index is 2.09. The molecule has 23 heavy (non-hydrogen) atoms. The van der Waals surface area contributed by atoms with Crippen molar-refractivity contribution in [3.63, 3.8) is 0 Å². The Morgan fingerprint density at radius 1 is 1.43 bits per heavy atom. The largest absolute Gasteiger partial charge is 0.324 e. The number of thioether (sulfide) groups is 1. The molecule has 0 bridgehead atoms. The van der Waals surface area contributed by atoms with Gasteiger partial charge in [-0.1, -0.05) is 37.4 Å².